The number of rotatable bonds is 5. The molecular formula is C23H22N2O3. The lowest BCUT2D eigenvalue weighted by molar-refractivity contribution is 0.102. The fraction of sp³-hybridized carbons (Fsp3) is 0.174. The number of morpholine rings is 1. The minimum Gasteiger partial charge on any atom is -0.457 e. The number of para-hydroxylation sites is 1. The Labute approximate surface area is 164 Å². The predicted molar refractivity (Wildman–Crippen MR) is 110 cm³/mol. The lowest BCUT2D eigenvalue weighted by atomic mass is 10.2. The van der Waals surface area contributed by atoms with Crippen molar-refractivity contribution in [1.29, 1.82) is 0 Å². The Hall–Kier alpha value is -3.31. The van der Waals surface area contributed by atoms with Gasteiger partial charge in [0.05, 0.1) is 13.2 Å². The number of carbonyl (C=O) groups is 1. The molecule has 1 saturated heterocycles. The van der Waals surface area contributed by atoms with Crippen molar-refractivity contribution < 1.29 is 14.3 Å². The van der Waals surface area contributed by atoms with Gasteiger partial charge in [-0.15, -0.1) is 0 Å². The highest BCUT2D eigenvalue weighted by molar-refractivity contribution is 6.04. The molecule has 28 heavy (non-hydrogen) atoms. The van der Waals surface area contributed by atoms with Crippen LogP contribution in [0.2, 0.25) is 0 Å². The monoisotopic (exact) mass is 374 g/mol. The van der Waals surface area contributed by atoms with Gasteiger partial charge in [0.15, 0.2) is 0 Å². The topological polar surface area (TPSA) is 50.8 Å². The van der Waals surface area contributed by atoms with Gasteiger partial charge < -0.3 is 19.7 Å². The molecule has 1 amide bonds. The Morgan fingerprint density at radius 2 is 1.46 bits per heavy atom. The molecule has 0 aliphatic carbocycles. The molecule has 1 fully saturated rings. The van der Waals surface area contributed by atoms with Gasteiger partial charge >= 0.3 is 0 Å². The Kier molecular flexibility index (Phi) is 5.54. The molecule has 1 aliphatic heterocycles. The zero-order valence-corrected chi connectivity index (χ0v) is 15.5. The van der Waals surface area contributed by atoms with Gasteiger partial charge in [0.25, 0.3) is 5.91 Å². The van der Waals surface area contributed by atoms with E-state index < -0.39 is 0 Å². The molecule has 0 radical (unpaired) electrons. The standard InChI is InChI=1S/C23H22N2O3/c26-23(18-6-12-22(13-7-18)28-21-4-2-1-3-5-21)24-19-8-10-20(11-9-19)25-14-16-27-17-15-25/h1-13H,14-17H2,(H,24,26). The molecular weight excluding hydrogens is 352 g/mol. The molecule has 1 heterocycles. The van der Waals surface area contributed by atoms with E-state index in [9.17, 15) is 4.79 Å². The van der Waals surface area contributed by atoms with E-state index in [0.717, 1.165) is 43.4 Å². The van der Waals surface area contributed by atoms with Gasteiger partial charge in [-0.05, 0) is 60.7 Å². The second kappa shape index (κ2) is 8.59. The van der Waals surface area contributed by atoms with Crippen molar-refractivity contribution in [3.8, 4) is 11.5 Å². The van der Waals surface area contributed by atoms with Crippen molar-refractivity contribution in [2.24, 2.45) is 0 Å². The third-order valence-electron chi connectivity index (χ3n) is 4.60. The number of nitrogens with one attached hydrogen (secondary N) is 1. The molecule has 0 atom stereocenters. The van der Waals surface area contributed by atoms with E-state index in [1.54, 1.807) is 24.3 Å². The molecule has 0 saturated carbocycles. The third kappa shape index (κ3) is 4.50. The first kappa shape index (κ1) is 18.1. The first-order chi connectivity index (χ1) is 13.8. The van der Waals surface area contributed by atoms with Crippen molar-refractivity contribution in [2.45, 2.75) is 0 Å². The van der Waals surface area contributed by atoms with Crippen molar-refractivity contribution in [3.63, 3.8) is 0 Å². The molecule has 0 unspecified atom stereocenters. The van der Waals surface area contributed by atoms with Crippen LogP contribution in [0.4, 0.5) is 11.4 Å². The van der Waals surface area contributed by atoms with E-state index in [1.165, 1.54) is 0 Å². The smallest absolute Gasteiger partial charge is 0.255 e. The van der Waals surface area contributed by atoms with Crippen molar-refractivity contribution in [3.05, 3.63) is 84.4 Å². The second-order valence-corrected chi connectivity index (χ2v) is 6.54. The fourth-order valence-electron chi connectivity index (χ4n) is 3.08. The summed E-state index contributed by atoms with van der Waals surface area (Å²) in [5.41, 5.74) is 2.49. The Morgan fingerprint density at radius 1 is 0.821 bits per heavy atom. The first-order valence-corrected chi connectivity index (χ1v) is 9.35. The minimum absolute atomic E-state index is 0.148. The first-order valence-electron chi connectivity index (χ1n) is 9.35. The zero-order chi connectivity index (χ0) is 19.2. The quantitative estimate of drug-likeness (QED) is 0.711. The summed E-state index contributed by atoms with van der Waals surface area (Å²) in [5, 5.41) is 2.93. The van der Waals surface area contributed by atoms with Crippen LogP contribution in [0.1, 0.15) is 10.4 Å². The van der Waals surface area contributed by atoms with E-state index in [0.29, 0.717) is 11.3 Å². The lowest BCUT2D eigenvalue weighted by Gasteiger charge is -2.28. The highest BCUT2D eigenvalue weighted by Gasteiger charge is 2.11. The summed E-state index contributed by atoms with van der Waals surface area (Å²) in [7, 11) is 0. The number of hydrogen-bond donors (Lipinski definition) is 1. The molecule has 3 aromatic rings. The maximum atomic E-state index is 12.5. The van der Waals surface area contributed by atoms with Gasteiger partial charge in [-0.3, -0.25) is 4.79 Å². The molecule has 1 aliphatic rings. The van der Waals surface area contributed by atoms with Crippen LogP contribution in [0.15, 0.2) is 78.9 Å². The van der Waals surface area contributed by atoms with Gasteiger partial charge in [0, 0.05) is 30.0 Å². The van der Waals surface area contributed by atoms with E-state index >= 15 is 0 Å². The summed E-state index contributed by atoms with van der Waals surface area (Å²) >= 11 is 0. The predicted octanol–water partition coefficient (Wildman–Crippen LogP) is 4.57. The highest BCUT2D eigenvalue weighted by Crippen LogP contribution is 2.22. The average molecular weight is 374 g/mol. The maximum Gasteiger partial charge on any atom is 0.255 e. The van der Waals surface area contributed by atoms with Crippen LogP contribution in [0.3, 0.4) is 0 Å². The molecule has 142 valence electrons. The molecule has 0 bridgehead atoms. The Balaban J connectivity index is 1.36. The molecule has 5 nitrogen and oxygen atoms in total. The number of hydrogen-bond acceptors (Lipinski definition) is 4. The number of carbonyl (C=O) groups excluding carboxylic acids is 1. The largest absolute Gasteiger partial charge is 0.457 e. The second-order valence-electron chi connectivity index (χ2n) is 6.54. The molecule has 1 N–H and O–H groups in total. The van der Waals surface area contributed by atoms with Gasteiger partial charge in [-0.25, -0.2) is 0 Å². The molecule has 5 heteroatoms. The van der Waals surface area contributed by atoms with Gasteiger partial charge in [-0.2, -0.15) is 0 Å². The van der Waals surface area contributed by atoms with Crippen LogP contribution < -0.4 is 15.0 Å². The van der Waals surface area contributed by atoms with Crippen LogP contribution in [-0.2, 0) is 4.74 Å². The van der Waals surface area contributed by atoms with Crippen molar-refractivity contribution in [2.75, 3.05) is 36.5 Å². The lowest BCUT2D eigenvalue weighted by Crippen LogP contribution is -2.36. The van der Waals surface area contributed by atoms with Crippen LogP contribution in [0.5, 0.6) is 11.5 Å². The van der Waals surface area contributed by atoms with Gasteiger partial charge in [0.2, 0.25) is 0 Å². The zero-order valence-electron chi connectivity index (χ0n) is 15.5. The van der Waals surface area contributed by atoms with E-state index in [2.05, 4.69) is 10.2 Å². The fourth-order valence-corrected chi connectivity index (χ4v) is 3.08. The summed E-state index contributed by atoms with van der Waals surface area (Å²) < 4.78 is 11.1. The average Bonchev–Trinajstić information content (AvgIpc) is 2.76. The summed E-state index contributed by atoms with van der Waals surface area (Å²) in [6, 6.07) is 24.6. The Morgan fingerprint density at radius 3 is 2.14 bits per heavy atom. The van der Waals surface area contributed by atoms with Crippen LogP contribution in [0, 0.1) is 0 Å². The summed E-state index contributed by atoms with van der Waals surface area (Å²) in [4.78, 5) is 14.8. The van der Waals surface area contributed by atoms with E-state index in [-0.39, 0.29) is 5.91 Å². The highest BCUT2D eigenvalue weighted by atomic mass is 16.5. The number of benzene rings is 3. The summed E-state index contributed by atoms with van der Waals surface area (Å²) in [6.07, 6.45) is 0. The Bertz CT molecular complexity index is 903. The van der Waals surface area contributed by atoms with Crippen LogP contribution in [-0.4, -0.2) is 32.2 Å². The van der Waals surface area contributed by atoms with E-state index in [1.807, 2.05) is 54.6 Å². The van der Waals surface area contributed by atoms with Crippen LogP contribution >= 0.6 is 0 Å². The van der Waals surface area contributed by atoms with Gasteiger partial charge in [0.1, 0.15) is 11.5 Å². The maximum absolute atomic E-state index is 12.5. The number of ether oxygens (including phenoxy) is 2. The summed E-state index contributed by atoms with van der Waals surface area (Å²) in [5.74, 6) is 1.31. The molecule has 0 aromatic heterocycles. The minimum atomic E-state index is -0.148. The molecule has 0 spiro atoms. The summed E-state index contributed by atoms with van der Waals surface area (Å²) in [6.45, 7) is 3.29. The number of anilines is 2. The number of amides is 1. The third-order valence-corrected chi connectivity index (χ3v) is 4.60. The van der Waals surface area contributed by atoms with E-state index in [4.69, 9.17) is 9.47 Å². The number of nitrogens with zero attached hydrogens (tertiary/aromatic N) is 1. The normalized spacial score (nSPS) is 13.8. The molecule has 3 aromatic carbocycles. The van der Waals surface area contributed by atoms with Crippen molar-refractivity contribution >= 4 is 17.3 Å². The SMILES string of the molecule is O=C(Nc1ccc(N2CCOCC2)cc1)c1ccc(Oc2ccccc2)cc1. The molecule has 4 rings (SSSR count). The van der Waals surface area contributed by atoms with Crippen molar-refractivity contribution in [1.82, 2.24) is 0 Å². The van der Waals surface area contributed by atoms with Crippen LogP contribution in [0.25, 0.3) is 0 Å². The van der Waals surface area contributed by atoms with Gasteiger partial charge in [-0.1, -0.05) is 18.2 Å².